The van der Waals surface area contributed by atoms with Gasteiger partial charge in [0.1, 0.15) is 0 Å². The Hall–Kier alpha value is -3.11. The third kappa shape index (κ3) is 4.64. The van der Waals surface area contributed by atoms with E-state index in [9.17, 15) is 4.79 Å². The van der Waals surface area contributed by atoms with E-state index >= 15 is 0 Å². The largest absolute Gasteiger partial charge is 0.369 e. The number of rotatable bonds is 5. The number of anilines is 2. The number of hydrogen-bond donors (Lipinski definition) is 1. The molecule has 0 saturated carbocycles. The molecule has 31 heavy (non-hydrogen) atoms. The van der Waals surface area contributed by atoms with E-state index in [4.69, 9.17) is 0 Å². The zero-order valence-electron chi connectivity index (χ0n) is 18.6. The molecule has 1 aliphatic heterocycles. The molecule has 1 saturated heterocycles. The third-order valence-corrected chi connectivity index (χ3v) is 6.43. The highest BCUT2D eigenvalue weighted by Crippen LogP contribution is 2.28. The molecule has 160 valence electrons. The maximum absolute atomic E-state index is 13.1. The molecule has 1 fully saturated rings. The summed E-state index contributed by atoms with van der Waals surface area (Å²) in [4.78, 5) is 17.8. The fourth-order valence-electron chi connectivity index (χ4n) is 4.29. The fourth-order valence-corrected chi connectivity index (χ4v) is 4.29. The Kier molecular flexibility index (Phi) is 6.38. The molecule has 4 heteroatoms. The number of piperazine rings is 1. The van der Waals surface area contributed by atoms with Crippen LogP contribution in [0.25, 0.3) is 11.1 Å². The number of aryl methyl sites for hydroxylation is 1. The Morgan fingerprint density at radius 2 is 1.52 bits per heavy atom. The van der Waals surface area contributed by atoms with Crippen molar-refractivity contribution in [3.8, 4) is 11.1 Å². The van der Waals surface area contributed by atoms with Crippen LogP contribution in [-0.4, -0.2) is 43.0 Å². The quantitative estimate of drug-likeness (QED) is 0.631. The van der Waals surface area contributed by atoms with Crippen LogP contribution in [0.4, 0.5) is 11.4 Å². The normalized spacial score (nSPS) is 15.5. The molecule has 1 aliphatic rings. The lowest BCUT2D eigenvalue weighted by molar-refractivity contribution is -0.120. The van der Waals surface area contributed by atoms with Crippen molar-refractivity contribution in [3.63, 3.8) is 0 Å². The lowest BCUT2D eigenvalue weighted by atomic mass is 10.0. The zero-order chi connectivity index (χ0) is 21.8. The average Bonchev–Trinajstić information content (AvgIpc) is 2.81. The number of hydrogen-bond acceptors (Lipinski definition) is 3. The van der Waals surface area contributed by atoms with Gasteiger partial charge in [0, 0.05) is 43.1 Å². The van der Waals surface area contributed by atoms with Crippen LogP contribution in [0.5, 0.6) is 0 Å². The summed E-state index contributed by atoms with van der Waals surface area (Å²) >= 11 is 0. The molecule has 4 rings (SSSR count). The van der Waals surface area contributed by atoms with E-state index in [1.807, 2.05) is 43.3 Å². The molecule has 1 heterocycles. The topological polar surface area (TPSA) is 35.6 Å². The molecule has 0 aliphatic carbocycles. The van der Waals surface area contributed by atoms with Crippen LogP contribution in [0.3, 0.4) is 0 Å². The summed E-state index contributed by atoms with van der Waals surface area (Å²) in [6, 6.07) is 24.5. The van der Waals surface area contributed by atoms with Gasteiger partial charge in [0.15, 0.2) is 0 Å². The van der Waals surface area contributed by atoms with Crippen molar-refractivity contribution in [1.82, 2.24) is 4.90 Å². The second-order valence-corrected chi connectivity index (χ2v) is 8.32. The third-order valence-electron chi connectivity index (χ3n) is 6.43. The Morgan fingerprint density at radius 3 is 2.26 bits per heavy atom. The second-order valence-electron chi connectivity index (χ2n) is 8.32. The Morgan fingerprint density at radius 1 is 0.839 bits per heavy atom. The SMILES string of the molecule is Cc1cccc(N2CCN(C(C)C(=O)Nc3ccccc3-c3ccccc3)CC2)c1C. The smallest absolute Gasteiger partial charge is 0.241 e. The van der Waals surface area contributed by atoms with Crippen molar-refractivity contribution < 1.29 is 4.79 Å². The molecule has 4 nitrogen and oxygen atoms in total. The van der Waals surface area contributed by atoms with Gasteiger partial charge in [-0.15, -0.1) is 0 Å². The molecule has 3 aromatic carbocycles. The van der Waals surface area contributed by atoms with Gasteiger partial charge in [-0.2, -0.15) is 0 Å². The molecule has 1 unspecified atom stereocenters. The van der Waals surface area contributed by atoms with Crippen LogP contribution in [-0.2, 0) is 4.79 Å². The van der Waals surface area contributed by atoms with Crippen LogP contribution >= 0.6 is 0 Å². The molecule has 0 aromatic heterocycles. The van der Waals surface area contributed by atoms with Gasteiger partial charge in [-0.3, -0.25) is 9.69 Å². The van der Waals surface area contributed by atoms with Gasteiger partial charge in [0.2, 0.25) is 5.91 Å². The van der Waals surface area contributed by atoms with E-state index < -0.39 is 0 Å². The number of nitrogens with zero attached hydrogens (tertiary/aromatic N) is 2. The summed E-state index contributed by atoms with van der Waals surface area (Å²) in [5.41, 5.74) is 6.99. The number of benzene rings is 3. The van der Waals surface area contributed by atoms with Gasteiger partial charge < -0.3 is 10.2 Å². The molecular formula is C27H31N3O. The van der Waals surface area contributed by atoms with Crippen molar-refractivity contribution in [2.24, 2.45) is 0 Å². The van der Waals surface area contributed by atoms with E-state index in [1.165, 1.54) is 16.8 Å². The number of carbonyl (C=O) groups is 1. The van der Waals surface area contributed by atoms with Crippen LogP contribution < -0.4 is 10.2 Å². The van der Waals surface area contributed by atoms with Gasteiger partial charge in [-0.1, -0.05) is 60.7 Å². The first-order chi connectivity index (χ1) is 15.0. The van der Waals surface area contributed by atoms with Gasteiger partial charge in [-0.25, -0.2) is 0 Å². The first kappa shape index (κ1) is 21.1. The molecule has 3 aromatic rings. The van der Waals surface area contributed by atoms with Gasteiger partial charge >= 0.3 is 0 Å². The summed E-state index contributed by atoms with van der Waals surface area (Å²) in [6.07, 6.45) is 0. The molecule has 1 amide bonds. The van der Waals surface area contributed by atoms with Crippen LogP contribution in [0.1, 0.15) is 18.1 Å². The van der Waals surface area contributed by atoms with E-state index in [1.54, 1.807) is 0 Å². The maximum atomic E-state index is 13.1. The Bertz CT molecular complexity index is 1040. The number of para-hydroxylation sites is 1. The second kappa shape index (κ2) is 9.36. The Balaban J connectivity index is 1.41. The molecule has 0 bridgehead atoms. The average molecular weight is 414 g/mol. The fraction of sp³-hybridized carbons (Fsp3) is 0.296. The summed E-state index contributed by atoms with van der Waals surface area (Å²) in [7, 11) is 0. The summed E-state index contributed by atoms with van der Waals surface area (Å²) in [5.74, 6) is 0.0450. The summed E-state index contributed by atoms with van der Waals surface area (Å²) in [5, 5.41) is 3.17. The highest BCUT2D eigenvalue weighted by Gasteiger charge is 2.26. The molecule has 0 spiro atoms. The van der Waals surface area contributed by atoms with Crippen LogP contribution in [0.15, 0.2) is 72.8 Å². The Labute approximate surface area is 185 Å². The predicted octanol–water partition coefficient (Wildman–Crippen LogP) is 5.12. The highest BCUT2D eigenvalue weighted by atomic mass is 16.2. The van der Waals surface area contributed by atoms with Crippen molar-refractivity contribution in [3.05, 3.63) is 83.9 Å². The number of carbonyl (C=O) groups excluding carboxylic acids is 1. The lowest BCUT2D eigenvalue weighted by Gasteiger charge is -2.39. The van der Waals surface area contributed by atoms with Crippen LogP contribution in [0, 0.1) is 13.8 Å². The summed E-state index contributed by atoms with van der Waals surface area (Å²) < 4.78 is 0. The van der Waals surface area contributed by atoms with Crippen molar-refractivity contribution in [2.45, 2.75) is 26.8 Å². The van der Waals surface area contributed by atoms with Crippen molar-refractivity contribution >= 4 is 17.3 Å². The molecule has 1 N–H and O–H groups in total. The van der Waals surface area contributed by atoms with E-state index in [-0.39, 0.29) is 11.9 Å². The first-order valence-corrected chi connectivity index (χ1v) is 11.0. The molecule has 1 atom stereocenters. The van der Waals surface area contributed by atoms with Crippen molar-refractivity contribution in [2.75, 3.05) is 36.4 Å². The minimum atomic E-state index is -0.176. The van der Waals surface area contributed by atoms with Crippen molar-refractivity contribution in [1.29, 1.82) is 0 Å². The van der Waals surface area contributed by atoms with Crippen LogP contribution in [0.2, 0.25) is 0 Å². The standard InChI is InChI=1S/C27H31N3O/c1-20-10-9-15-26(21(20)2)30-18-16-29(17-19-30)22(3)27(31)28-25-14-8-7-13-24(25)23-11-5-4-6-12-23/h4-15,22H,16-19H2,1-3H3,(H,28,31). The maximum Gasteiger partial charge on any atom is 0.241 e. The zero-order valence-corrected chi connectivity index (χ0v) is 18.6. The minimum Gasteiger partial charge on any atom is -0.369 e. The van der Waals surface area contributed by atoms with Gasteiger partial charge in [0.25, 0.3) is 0 Å². The van der Waals surface area contributed by atoms with E-state index in [0.717, 1.165) is 43.0 Å². The van der Waals surface area contributed by atoms with E-state index in [2.05, 4.69) is 65.4 Å². The highest BCUT2D eigenvalue weighted by molar-refractivity contribution is 5.98. The number of amides is 1. The number of nitrogens with one attached hydrogen (secondary N) is 1. The predicted molar refractivity (Wildman–Crippen MR) is 130 cm³/mol. The minimum absolute atomic E-state index is 0.0450. The lowest BCUT2D eigenvalue weighted by Crippen LogP contribution is -2.53. The summed E-state index contributed by atoms with van der Waals surface area (Å²) in [6.45, 7) is 9.98. The molecule has 0 radical (unpaired) electrons. The first-order valence-electron chi connectivity index (χ1n) is 11.0. The molecular weight excluding hydrogens is 382 g/mol. The van der Waals surface area contributed by atoms with Gasteiger partial charge in [0.05, 0.1) is 6.04 Å². The van der Waals surface area contributed by atoms with Gasteiger partial charge in [-0.05, 0) is 49.6 Å². The van der Waals surface area contributed by atoms with E-state index in [0.29, 0.717) is 0 Å². The monoisotopic (exact) mass is 413 g/mol.